The first kappa shape index (κ1) is 16.7. The van der Waals surface area contributed by atoms with E-state index in [0.717, 1.165) is 16.7 Å². The molecule has 0 aliphatic rings. The van der Waals surface area contributed by atoms with Crippen LogP contribution in [-0.2, 0) is 6.42 Å². The van der Waals surface area contributed by atoms with Crippen LogP contribution in [0.4, 0.5) is 10.5 Å². The molecule has 0 saturated heterocycles. The van der Waals surface area contributed by atoms with E-state index in [9.17, 15) is 9.90 Å². The molecule has 23 heavy (non-hydrogen) atoms. The third-order valence-electron chi connectivity index (χ3n) is 3.58. The summed E-state index contributed by atoms with van der Waals surface area (Å²) in [4.78, 5) is 12.0. The molecule has 0 heterocycles. The van der Waals surface area contributed by atoms with Gasteiger partial charge in [0.15, 0.2) is 0 Å². The number of ether oxygens (including phenoxy) is 1. The zero-order chi connectivity index (χ0) is 16.8. The van der Waals surface area contributed by atoms with Crippen molar-refractivity contribution in [3.63, 3.8) is 0 Å². The van der Waals surface area contributed by atoms with Crippen LogP contribution in [0.3, 0.4) is 0 Å². The number of aromatic hydroxyl groups is 1. The molecular formula is C18H22N2O3. The lowest BCUT2D eigenvalue weighted by atomic mass is 10.1. The van der Waals surface area contributed by atoms with E-state index in [1.165, 1.54) is 0 Å². The minimum atomic E-state index is -0.287. The van der Waals surface area contributed by atoms with E-state index in [-0.39, 0.29) is 11.8 Å². The van der Waals surface area contributed by atoms with E-state index in [2.05, 4.69) is 10.6 Å². The summed E-state index contributed by atoms with van der Waals surface area (Å²) in [6.07, 6.45) is 0.645. The zero-order valence-corrected chi connectivity index (χ0v) is 13.6. The topological polar surface area (TPSA) is 70.6 Å². The summed E-state index contributed by atoms with van der Waals surface area (Å²) < 4.78 is 5.23. The number of hydrogen-bond donors (Lipinski definition) is 3. The number of urea groups is 1. The van der Waals surface area contributed by atoms with Crippen molar-refractivity contribution in [3.8, 4) is 11.5 Å². The van der Waals surface area contributed by atoms with Gasteiger partial charge in [0.1, 0.15) is 11.5 Å². The van der Waals surface area contributed by atoms with E-state index in [0.29, 0.717) is 24.4 Å². The molecule has 2 amide bonds. The summed E-state index contributed by atoms with van der Waals surface area (Å²) in [7, 11) is 1.57. The third kappa shape index (κ3) is 4.64. The minimum Gasteiger partial charge on any atom is -0.508 e. The van der Waals surface area contributed by atoms with Crippen molar-refractivity contribution in [2.75, 3.05) is 19.0 Å². The molecule has 2 aromatic carbocycles. The fourth-order valence-electron chi connectivity index (χ4n) is 2.22. The molecule has 5 heteroatoms. The molecule has 0 unspecified atom stereocenters. The summed E-state index contributed by atoms with van der Waals surface area (Å²) in [5, 5.41) is 15.3. The van der Waals surface area contributed by atoms with Gasteiger partial charge in [-0.15, -0.1) is 0 Å². The second-order valence-corrected chi connectivity index (χ2v) is 5.46. The zero-order valence-electron chi connectivity index (χ0n) is 13.6. The quantitative estimate of drug-likeness (QED) is 0.792. The highest BCUT2D eigenvalue weighted by atomic mass is 16.5. The molecule has 0 saturated carbocycles. The number of methoxy groups -OCH3 is 1. The van der Waals surface area contributed by atoms with Crippen LogP contribution in [0.15, 0.2) is 36.4 Å². The van der Waals surface area contributed by atoms with Crippen molar-refractivity contribution in [1.82, 2.24) is 5.32 Å². The number of anilines is 1. The number of aryl methyl sites for hydroxylation is 2. The van der Waals surface area contributed by atoms with Crippen LogP contribution in [0.5, 0.6) is 11.5 Å². The Morgan fingerprint density at radius 3 is 2.65 bits per heavy atom. The molecule has 0 radical (unpaired) electrons. The lowest BCUT2D eigenvalue weighted by Gasteiger charge is -2.12. The highest BCUT2D eigenvalue weighted by Crippen LogP contribution is 2.25. The Kier molecular flexibility index (Phi) is 5.46. The second kappa shape index (κ2) is 7.54. The van der Waals surface area contributed by atoms with Gasteiger partial charge >= 0.3 is 6.03 Å². The Balaban J connectivity index is 1.88. The average Bonchev–Trinajstić information content (AvgIpc) is 2.51. The Morgan fingerprint density at radius 2 is 1.96 bits per heavy atom. The van der Waals surface area contributed by atoms with Crippen LogP contribution in [-0.4, -0.2) is 24.8 Å². The van der Waals surface area contributed by atoms with Crippen molar-refractivity contribution < 1.29 is 14.6 Å². The number of hydrogen-bond acceptors (Lipinski definition) is 3. The predicted molar refractivity (Wildman–Crippen MR) is 91.3 cm³/mol. The molecule has 0 aromatic heterocycles. The van der Waals surface area contributed by atoms with Gasteiger partial charge in [0.25, 0.3) is 0 Å². The number of phenols is 1. The lowest BCUT2D eigenvalue weighted by Crippen LogP contribution is -2.30. The number of phenolic OH excluding ortho intramolecular Hbond substituents is 1. The second-order valence-electron chi connectivity index (χ2n) is 5.46. The van der Waals surface area contributed by atoms with Gasteiger partial charge in [-0.1, -0.05) is 18.2 Å². The maximum atomic E-state index is 12.0. The fraction of sp³-hybridized carbons (Fsp3) is 0.278. The molecule has 0 bridgehead atoms. The summed E-state index contributed by atoms with van der Waals surface area (Å²) in [5.74, 6) is 0.894. The molecule has 2 aromatic rings. The van der Waals surface area contributed by atoms with Crippen molar-refractivity contribution >= 4 is 11.7 Å². The van der Waals surface area contributed by atoms with Crippen molar-refractivity contribution in [1.29, 1.82) is 0 Å². The largest absolute Gasteiger partial charge is 0.508 e. The first-order chi connectivity index (χ1) is 11.0. The van der Waals surface area contributed by atoms with E-state index >= 15 is 0 Å². The Morgan fingerprint density at radius 1 is 1.17 bits per heavy atom. The Bertz CT molecular complexity index is 699. The molecule has 0 aliphatic heterocycles. The number of benzene rings is 2. The molecule has 122 valence electrons. The van der Waals surface area contributed by atoms with Gasteiger partial charge < -0.3 is 20.5 Å². The van der Waals surface area contributed by atoms with Crippen molar-refractivity contribution in [2.45, 2.75) is 20.3 Å². The van der Waals surface area contributed by atoms with Gasteiger partial charge in [0.2, 0.25) is 0 Å². The van der Waals surface area contributed by atoms with E-state index in [1.807, 2.05) is 44.2 Å². The van der Waals surface area contributed by atoms with E-state index in [1.54, 1.807) is 13.2 Å². The van der Waals surface area contributed by atoms with Crippen LogP contribution in [0, 0.1) is 13.8 Å². The van der Waals surface area contributed by atoms with Gasteiger partial charge in [0.05, 0.1) is 12.8 Å². The number of rotatable bonds is 5. The third-order valence-corrected chi connectivity index (χ3v) is 3.58. The van der Waals surface area contributed by atoms with Gasteiger partial charge in [-0.3, -0.25) is 0 Å². The van der Waals surface area contributed by atoms with Gasteiger partial charge in [0, 0.05) is 6.54 Å². The number of amides is 2. The van der Waals surface area contributed by atoms with Crippen LogP contribution in [0.1, 0.15) is 16.7 Å². The van der Waals surface area contributed by atoms with Gasteiger partial charge in [-0.05, 0) is 55.2 Å². The molecule has 0 fully saturated rings. The normalized spacial score (nSPS) is 10.2. The number of nitrogens with one attached hydrogen (secondary N) is 2. The smallest absolute Gasteiger partial charge is 0.319 e. The molecule has 5 nitrogen and oxygen atoms in total. The van der Waals surface area contributed by atoms with Crippen LogP contribution in [0.2, 0.25) is 0 Å². The molecule has 0 aliphatic carbocycles. The van der Waals surface area contributed by atoms with Crippen LogP contribution >= 0.6 is 0 Å². The van der Waals surface area contributed by atoms with Crippen LogP contribution in [0.25, 0.3) is 0 Å². The summed E-state index contributed by atoms with van der Waals surface area (Å²) >= 11 is 0. The summed E-state index contributed by atoms with van der Waals surface area (Å²) in [6.45, 7) is 4.27. The standard InChI is InChI=1S/C18H22N2O3/c1-12-4-7-17(23-3)15(10-12)20-18(22)19-9-8-14-6-5-13(2)16(21)11-14/h4-7,10-11,21H,8-9H2,1-3H3,(H2,19,20,22). The SMILES string of the molecule is COc1ccc(C)cc1NC(=O)NCCc1ccc(C)c(O)c1. The van der Waals surface area contributed by atoms with E-state index in [4.69, 9.17) is 4.74 Å². The molecule has 0 atom stereocenters. The predicted octanol–water partition coefficient (Wildman–Crippen LogP) is 3.38. The van der Waals surface area contributed by atoms with Crippen molar-refractivity contribution in [3.05, 3.63) is 53.1 Å². The van der Waals surface area contributed by atoms with Crippen molar-refractivity contribution in [2.24, 2.45) is 0 Å². The first-order valence-corrected chi connectivity index (χ1v) is 7.47. The van der Waals surface area contributed by atoms with Gasteiger partial charge in [-0.25, -0.2) is 4.79 Å². The fourth-order valence-corrected chi connectivity index (χ4v) is 2.22. The monoisotopic (exact) mass is 314 g/mol. The van der Waals surface area contributed by atoms with E-state index < -0.39 is 0 Å². The lowest BCUT2D eigenvalue weighted by molar-refractivity contribution is 0.252. The first-order valence-electron chi connectivity index (χ1n) is 7.47. The molecule has 0 spiro atoms. The Hall–Kier alpha value is -2.69. The summed E-state index contributed by atoms with van der Waals surface area (Å²) in [5.41, 5.74) is 3.49. The molecular weight excluding hydrogens is 292 g/mol. The highest BCUT2D eigenvalue weighted by molar-refractivity contribution is 5.91. The number of carbonyl (C=O) groups excluding carboxylic acids is 1. The molecule has 3 N–H and O–H groups in total. The number of carbonyl (C=O) groups is 1. The van der Waals surface area contributed by atoms with Crippen LogP contribution < -0.4 is 15.4 Å². The molecule has 2 rings (SSSR count). The Labute approximate surface area is 136 Å². The highest BCUT2D eigenvalue weighted by Gasteiger charge is 2.07. The average molecular weight is 314 g/mol. The maximum absolute atomic E-state index is 12.0. The maximum Gasteiger partial charge on any atom is 0.319 e. The summed E-state index contributed by atoms with van der Waals surface area (Å²) in [6, 6.07) is 10.8. The minimum absolute atomic E-state index is 0.274. The van der Waals surface area contributed by atoms with Gasteiger partial charge in [-0.2, -0.15) is 0 Å².